The number of anilines is 1. The fraction of sp³-hybridized carbons (Fsp3) is 0.500. The maximum Gasteiger partial charge on any atom is 0.251 e. The fourth-order valence-electron chi connectivity index (χ4n) is 2.43. The fourth-order valence-corrected chi connectivity index (χ4v) is 2.60. The Morgan fingerprint density at radius 2 is 2.26 bits per heavy atom. The van der Waals surface area contributed by atoms with Crippen molar-refractivity contribution in [1.29, 1.82) is 0 Å². The molecule has 1 heterocycles. The van der Waals surface area contributed by atoms with Gasteiger partial charge in [0, 0.05) is 25.2 Å². The minimum atomic E-state index is -0.0968. The highest BCUT2D eigenvalue weighted by Crippen LogP contribution is 2.25. The number of hydrogen-bond acceptors (Lipinski definition) is 3. The first-order valence-electron chi connectivity index (χ1n) is 6.57. The van der Waals surface area contributed by atoms with E-state index in [0.29, 0.717) is 16.6 Å². The Morgan fingerprint density at radius 1 is 1.47 bits per heavy atom. The maximum absolute atomic E-state index is 11.6. The molecule has 2 rings (SSSR count). The predicted octanol–water partition coefficient (Wildman–Crippen LogP) is 2.21. The first kappa shape index (κ1) is 14.2. The molecule has 1 saturated heterocycles. The molecule has 1 aliphatic heterocycles. The zero-order valence-corrected chi connectivity index (χ0v) is 12.1. The highest BCUT2D eigenvalue weighted by molar-refractivity contribution is 6.33. The summed E-state index contributed by atoms with van der Waals surface area (Å²) >= 11 is 6.19. The Hall–Kier alpha value is -1.26. The Morgan fingerprint density at radius 3 is 2.95 bits per heavy atom. The molecule has 19 heavy (non-hydrogen) atoms. The molecule has 1 unspecified atom stereocenters. The number of nitrogens with zero attached hydrogens (tertiary/aromatic N) is 1. The van der Waals surface area contributed by atoms with Crippen molar-refractivity contribution in [2.75, 3.05) is 32.5 Å². The van der Waals surface area contributed by atoms with Crippen LogP contribution in [0.5, 0.6) is 0 Å². The van der Waals surface area contributed by atoms with Crippen molar-refractivity contribution in [2.45, 2.75) is 18.9 Å². The number of amides is 1. The zero-order chi connectivity index (χ0) is 13.8. The molecule has 1 atom stereocenters. The smallest absolute Gasteiger partial charge is 0.251 e. The van der Waals surface area contributed by atoms with Crippen LogP contribution >= 0.6 is 11.6 Å². The third-order valence-corrected chi connectivity index (χ3v) is 3.77. The zero-order valence-electron chi connectivity index (χ0n) is 11.4. The van der Waals surface area contributed by atoms with Crippen LogP contribution in [0.1, 0.15) is 23.2 Å². The molecule has 4 nitrogen and oxygen atoms in total. The van der Waals surface area contributed by atoms with Gasteiger partial charge in [-0.3, -0.25) is 4.79 Å². The van der Waals surface area contributed by atoms with Crippen molar-refractivity contribution >= 4 is 23.2 Å². The highest BCUT2D eigenvalue weighted by Gasteiger charge is 2.18. The summed E-state index contributed by atoms with van der Waals surface area (Å²) in [6.45, 7) is 2.14. The summed E-state index contributed by atoms with van der Waals surface area (Å²) in [5.74, 6) is -0.0968. The van der Waals surface area contributed by atoms with E-state index in [1.54, 1.807) is 19.2 Å². The molecule has 1 fully saturated rings. The number of carbonyl (C=O) groups is 1. The monoisotopic (exact) mass is 281 g/mol. The Balaban J connectivity index is 2.12. The van der Waals surface area contributed by atoms with Crippen LogP contribution in [0.15, 0.2) is 18.2 Å². The van der Waals surface area contributed by atoms with Crippen LogP contribution < -0.4 is 10.6 Å². The maximum atomic E-state index is 11.6. The van der Waals surface area contributed by atoms with E-state index in [0.717, 1.165) is 25.2 Å². The molecule has 0 spiro atoms. The number of nitrogens with one attached hydrogen (secondary N) is 2. The van der Waals surface area contributed by atoms with Gasteiger partial charge in [0.2, 0.25) is 0 Å². The summed E-state index contributed by atoms with van der Waals surface area (Å²) in [6.07, 6.45) is 2.31. The van der Waals surface area contributed by atoms with Crippen molar-refractivity contribution in [3.05, 3.63) is 28.8 Å². The van der Waals surface area contributed by atoms with Gasteiger partial charge >= 0.3 is 0 Å². The first-order valence-corrected chi connectivity index (χ1v) is 6.94. The number of piperidine rings is 1. The molecule has 0 aromatic heterocycles. The van der Waals surface area contributed by atoms with Crippen molar-refractivity contribution in [3.63, 3.8) is 0 Å². The van der Waals surface area contributed by atoms with Gasteiger partial charge in [0.15, 0.2) is 0 Å². The second-order valence-corrected chi connectivity index (χ2v) is 5.43. The highest BCUT2D eigenvalue weighted by atomic mass is 35.5. The molecule has 104 valence electrons. The lowest BCUT2D eigenvalue weighted by Crippen LogP contribution is -2.39. The number of hydrogen-bond donors (Lipinski definition) is 2. The molecule has 1 aromatic rings. The SMILES string of the molecule is CNC(=O)c1ccc(Cl)c(NC2CCCN(C)C2)c1. The second-order valence-electron chi connectivity index (χ2n) is 5.02. The van der Waals surface area contributed by atoms with Crippen LogP contribution in [0.25, 0.3) is 0 Å². The van der Waals surface area contributed by atoms with Crippen molar-refractivity contribution < 1.29 is 4.79 Å². The third kappa shape index (κ3) is 3.61. The lowest BCUT2D eigenvalue weighted by atomic mass is 10.1. The van der Waals surface area contributed by atoms with Crippen LogP contribution in [-0.2, 0) is 0 Å². The Kier molecular flexibility index (Phi) is 4.66. The van der Waals surface area contributed by atoms with Gasteiger partial charge in [-0.05, 0) is 44.6 Å². The molecule has 0 bridgehead atoms. The van der Waals surface area contributed by atoms with Gasteiger partial charge in [-0.2, -0.15) is 0 Å². The molecule has 1 aliphatic rings. The van der Waals surface area contributed by atoms with Crippen LogP contribution in [0.2, 0.25) is 5.02 Å². The Labute approximate surface area is 119 Å². The Bertz CT molecular complexity index is 464. The average molecular weight is 282 g/mol. The van der Waals surface area contributed by atoms with Crippen molar-refractivity contribution in [1.82, 2.24) is 10.2 Å². The quantitative estimate of drug-likeness (QED) is 0.893. The van der Waals surface area contributed by atoms with Gasteiger partial charge < -0.3 is 15.5 Å². The van der Waals surface area contributed by atoms with E-state index in [-0.39, 0.29) is 5.91 Å². The number of halogens is 1. The van der Waals surface area contributed by atoms with Crippen molar-refractivity contribution in [2.24, 2.45) is 0 Å². The van der Waals surface area contributed by atoms with E-state index >= 15 is 0 Å². The van der Waals surface area contributed by atoms with E-state index in [9.17, 15) is 4.79 Å². The van der Waals surface area contributed by atoms with E-state index in [1.807, 2.05) is 6.07 Å². The van der Waals surface area contributed by atoms with Gasteiger partial charge in [-0.25, -0.2) is 0 Å². The normalized spacial score (nSPS) is 20.1. The van der Waals surface area contributed by atoms with E-state index in [1.165, 1.54) is 6.42 Å². The number of likely N-dealkylation sites (N-methyl/N-ethyl adjacent to an activating group) is 1. The summed E-state index contributed by atoms with van der Waals surface area (Å²) in [4.78, 5) is 13.9. The summed E-state index contributed by atoms with van der Waals surface area (Å²) in [6, 6.07) is 5.70. The average Bonchev–Trinajstić information content (AvgIpc) is 2.40. The number of likely N-dealkylation sites (tertiary alicyclic amines) is 1. The molecule has 0 saturated carbocycles. The van der Waals surface area contributed by atoms with Gasteiger partial charge in [0.05, 0.1) is 10.7 Å². The molecule has 0 aliphatic carbocycles. The molecule has 1 aromatic carbocycles. The minimum Gasteiger partial charge on any atom is -0.380 e. The molecular weight excluding hydrogens is 262 g/mol. The third-order valence-electron chi connectivity index (χ3n) is 3.44. The molecule has 2 N–H and O–H groups in total. The summed E-state index contributed by atoms with van der Waals surface area (Å²) in [7, 11) is 3.75. The van der Waals surface area contributed by atoms with E-state index in [4.69, 9.17) is 11.6 Å². The van der Waals surface area contributed by atoms with E-state index in [2.05, 4.69) is 22.6 Å². The standard InChI is InChI=1S/C14H20ClN3O/c1-16-14(19)10-5-6-12(15)13(8-10)17-11-4-3-7-18(2)9-11/h5-6,8,11,17H,3-4,7,9H2,1-2H3,(H,16,19). The predicted molar refractivity (Wildman–Crippen MR) is 79.0 cm³/mol. The molecule has 0 radical (unpaired) electrons. The van der Waals surface area contributed by atoms with Crippen molar-refractivity contribution in [3.8, 4) is 0 Å². The summed E-state index contributed by atoms with van der Waals surface area (Å²) in [5, 5.41) is 6.72. The van der Waals surface area contributed by atoms with Gasteiger partial charge in [-0.15, -0.1) is 0 Å². The van der Waals surface area contributed by atoms with Crippen LogP contribution in [0, 0.1) is 0 Å². The number of rotatable bonds is 3. The van der Waals surface area contributed by atoms with Crippen LogP contribution in [0.3, 0.4) is 0 Å². The van der Waals surface area contributed by atoms with Crippen LogP contribution in [-0.4, -0.2) is 44.0 Å². The lowest BCUT2D eigenvalue weighted by molar-refractivity contribution is 0.0963. The van der Waals surface area contributed by atoms with Gasteiger partial charge in [0.25, 0.3) is 5.91 Å². The minimum absolute atomic E-state index is 0.0968. The lowest BCUT2D eigenvalue weighted by Gasteiger charge is -2.31. The van der Waals surface area contributed by atoms with Gasteiger partial charge in [-0.1, -0.05) is 11.6 Å². The number of carbonyl (C=O) groups excluding carboxylic acids is 1. The molecule has 1 amide bonds. The van der Waals surface area contributed by atoms with E-state index < -0.39 is 0 Å². The second kappa shape index (κ2) is 6.26. The first-order chi connectivity index (χ1) is 9.10. The topological polar surface area (TPSA) is 44.4 Å². The molecule has 5 heteroatoms. The number of benzene rings is 1. The van der Waals surface area contributed by atoms with Crippen LogP contribution in [0.4, 0.5) is 5.69 Å². The van der Waals surface area contributed by atoms with Gasteiger partial charge in [0.1, 0.15) is 0 Å². The summed E-state index contributed by atoms with van der Waals surface area (Å²) < 4.78 is 0. The summed E-state index contributed by atoms with van der Waals surface area (Å²) in [5.41, 5.74) is 1.46. The molecular formula is C14H20ClN3O. The largest absolute Gasteiger partial charge is 0.380 e.